The summed E-state index contributed by atoms with van der Waals surface area (Å²) in [4.78, 5) is 0. The van der Waals surface area contributed by atoms with Gasteiger partial charge in [0.15, 0.2) is 0 Å². The highest BCUT2D eigenvalue weighted by atomic mass is 16.5. The van der Waals surface area contributed by atoms with E-state index in [1.165, 1.54) is 153 Å². The van der Waals surface area contributed by atoms with E-state index in [0.29, 0.717) is 24.0 Å². The van der Waals surface area contributed by atoms with Gasteiger partial charge in [0.1, 0.15) is 0 Å². The third kappa shape index (κ3) is 21.1. The number of hydrogen-bond donors (Lipinski definition) is 2. The van der Waals surface area contributed by atoms with Crippen molar-refractivity contribution in [3.05, 3.63) is 47.5 Å². The van der Waals surface area contributed by atoms with Crippen molar-refractivity contribution in [3.63, 3.8) is 0 Å². The van der Waals surface area contributed by atoms with Crippen LogP contribution in [0.2, 0.25) is 0 Å². The van der Waals surface area contributed by atoms with E-state index < -0.39 is 0 Å². The monoisotopic (exact) mass is 907 g/mol. The van der Waals surface area contributed by atoms with E-state index in [2.05, 4.69) is 101 Å². The Morgan fingerprint density at radius 2 is 1.29 bits per heavy atom. The van der Waals surface area contributed by atoms with E-state index in [1.54, 1.807) is 5.57 Å². The van der Waals surface area contributed by atoms with Crippen LogP contribution in [0.5, 0.6) is 0 Å². The summed E-state index contributed by atoms with van der Waals surface area (Å²) in [6, 6.07) is 10.2. The fraction of sp³-hybridized carbons (Fsp3) is 0.869. The van der Waals surface area contributed by atoms with E-state index in [1.807, 2.05) is 18.2 Å². The number of hydrogen-bond acceptors (Lipinski definition) is 4. The number of allylic oxidation sites excluding steroid dienone is 1. The molecule has 0 spiro atoms. The molecule has 2 N–H and O–H groups in total. The Morgan fingerprint density at radius 1 is 0.677 bits per heavy atom. The van der Waals surface area contributed by atoms with E-state index in [4.69, 9.17) is 14.6 Å². The molecule has 0 aromatic heterocycles. The molecular formula is C61H110O4. The second-order valence-corrected chi connectivity index (χ2v) is 24.9. The zero-order valence-electron chi connectivity index (χ0n) is 45.3. The molecule has 378 valence electrons. The molecule has 0 saturated heterocycles. The molecule has 1 aromatic carbocycles. The fourth-order valence-corrected chi connectivity index (χ4v) is 12.9. The van der Waals surface area contributed by atoms with Crippen molar-refractivity contribution < 1.29 is 19.7 Å². The Morgan fingerprint density at radius 3 is 1.88 bits per heavy atom. The topological polar surface area (TPSA) is 58.9 Å². The summed E-state index contributed by atoms with van der Waals surface area (Å²) < 4.78 is 11.4. The minimum Gasteiger partial charge on any atom is -0.396 e. The van der Waals surface area contributed by atoms with Gasteiger partial charge >= 0.3 is 0 Å². The maximum absolute atomic E-state index is 10.2. The van der Waals surface area contributed by atoms with Crippen LogP contribution < -0.4 is 0 Å². The molecule has 4 saturated carbocycles. The van der Waals surface area contributed by atoms with E-state index >= 15 is 0 Å². The van der Waals surface area contributed by atoms with E-state index in [9.17, 15) is 5.11 Å². The molecule has 0 bridgehead atoms. The largest absolute Gasteiger partial charge is 0.396 e. The highest BCUT2D eigenvalue weighted by Gasteiger charge is 2.59. The average Bonchev–Trinajstić information content (AvgIpc) is 3.63. The average molecular weight is 908 g/mol. The van der Waals surface area contributed by atoms with Crippen LogP contribution in [0.1, 0.15) is 256 Å². The molecule has 6 rings (SSSR count). The molecule has 0 radical (unpaired) electrons. The molecule has 8 unspecified atom stereocenters. The van der Waals surface area contributed by atoms with Crippen LogP contribution in [-0.2, 0) is 16.1 Å². The van der Waals surface area contributed by atoms with Crippen molar-refractivity contribution >= 4 is 0 Å². The Bertz CT molecular complexity index is 1370. The van der Waals surface area contributed by atoms with Crippen LogP contribution >= 0.6 is 0 Å². The molecule has 0 aliphatic heterocycles. The van der Waals surface area contributed by atoms with Gasteiger partial charge in [-0.1, -0.05) is 180 Å². The van der Waals surface area contributed by atoms with Gasteiger partial charge in [-0.05, 0) is 170 Å². The van der Waals surface area contributed by atoms with Crippen LogP contribution in [0.3, 0.4) is 0 Å². The minimum atomic E-state index is -0.0766. The molecule has 0 amide bonds. The van der Waals surface area contributed by atoms with Crippen molar-refractivity contribution in [2.75, 3.05) is 13.2 Å². The molecule has 4 heteroatoms. The molecular weight excluding hydrogens is 797 g/mol. The summed E-state index contributed by atoms with van der Waals surface area (Å²) in [5.41, 5.74) is 3.84. The normalized spacial score (nSPS) is 28.2. The minimum absolute atomic E-state index is 0.0458. The van der Waals surface area contributed by atoms with Crippen LogP contribution in [-0.4, -0.2) is 40.7 Å². The van der Waals surface area contributed by atoms with Gasteiger partial charge in [0, 0.05) is 6.61 Å². The summed E-state index contributed by atoms with van der Waals surface area (Å²) in [6.07, 6.45) is 37.5. The number of fused-ring (bicyclic) bond motifs is 5. The SMILES string of the molecule is CC(C)(C)OCC1CCCCC1.CC(C)(C)OCc1ccccc1.CC(C)CCCC(C)C1CCC2C3CC=C4CC(O)CCC4(C)C3CCC12C.CCCCCCCCCCCCO. The zero-order chi connectivity index (χ0) is 47.9. The predicted molar refractivity (Wildman–Crippen MR) is 281 cm³/mol. The molecule has 5 aliphatic rings. The molecule has 4 nitrogen and oxygen atoms in total. The van der Waals surface area contributed by atoms with Crippen LogP contribution in [0.4, 0.5) is 0 Å². The maximum atomic E-state index is 10.2. The molecule has 0 heterocycles. The van der Waals surface area contributed by atoms with Gasteiger partial charge in [-0.2, -0.15) is 0 Å². The summed E-state index contributed by atoms with van der Waals surface area (Å²) >= 11 is 0. The molecule has 1 aromatic rings. The highest BCUT2D eigenvalue weighted by Crippen LogP contribution is 2.67. The lowest BCUT2D eigenvalue weighted by atomic mass is 9.47. The Labute approximate surface area is 405 Å². The Hall–Kier alpha value is -1.20. The number of unbranched alkanes of at least 4 members (excludes halogenated alkanes) is 9. The molecule has 4 fully saturated rings. The Kier molecular flexibility index (Phi) is 26.6. The van der Waals surface area contributed by atoms with E-state index in [-0.39, 0.29) is 17.3 Å². The summed E-state index contributed by atoms with van der Waals surface area (Å²) in [5, 5.41) is 18.8. The lowest BCUT2D eigenvalue weighted by Gasteiger charge is -2.58. The third-order valence-corrected chi connectivity index (χ3v) is 16.8. The van der Waals surface area contributed by atoms with Gasteiger partial charge in [-0.3, -0.25) is 0 Å². The molecule has 5 aliphatic carbocycles. The van der Waals surface area contributed by atoms with Crippen LogP contribution in [0.25, 0.3) is 0 Å². The van der Waals surface area contributed by atoms with Crippen LogP contribution in [0, 0.1) is 52.3 Å². The van der Waals surface area contributed by atoms with Crippen LogP contribution in [0.15, 0.2) is 42.0 Å². The number of benzene rings is 1. The van der Waals surface area contributed by atoms with E-state index in [0.717, 1.165) is 67.3 Å². The first kappa shape index (κ1) is 58.1. The maximum Gasteiger partial charge on any atom is 0.0724 e. The lowest BCUT2D eigenvalue weighted by Crippen LogP contribution is -2.50. The number of aliphatic hydroxyl groups excluding tert-OH is 2. The standard InChI is InChI=1S/C27H46O.C12H26O.C11H22O.C11H16O/c1-18(2)7-6-8-19(3)23-11-12-24-22-10-9-20-17-21(28)13-15-26(20,4)25(22)14-16-27(23,24)5;1-2-3-4-5-6-7-8-9-10-11-12-13;2*1-11(2,3)12-9-10-7-5-4-6-8-10/h9,18-19,21-25,28H,6-8,10-17H2,1-5H3;13H,2-12H2,1H3;10H,4-9H2,1-3H3;4-8H,9H2,1-3H3. The zero-order valence-corrected chi connectivity index (χ0v) is 45.3. The highest BCUT2D eigenvalue weighted by molar-refractivity contribution is 5.25. The van der Waals surface area contributed by atoms with Gasteiger partial charge in [0.25, 0.3) is 0 Å². The summed E-state index contributed by atoms with van der Waals surface area (Å²) in [5.74, 6) is 6.30. The third-order valence-electron chi connectivity index (χ3n) is 16.8. The summed E-state index contributed by atoms with van der Waals surface area (Å²) in [7, 11) is 0. The first-order valence-electron chi connectivity index (χ1n) is 28.1. The first-order valence-corrected chi connectivity index (χ1v) is 28.1. The van der Waals surface area contributed by atoms with Gasteiger partial charge < -0.3 is 19.7 Å². The number of ether oxygens (including phenoxy) is 2. The van der Waals surface area contributed by atoms with Crippen molar-refractivity contribution in [3.8, 4) is 0 Å². The Balaban J connectivity index is 0.000000255. The lowest BCUT2D eigenvalue weighted by molar-refractivity contribution is -0.0573. The quantitative estimate of drug-likeness (QED) is 0.107. The molecule has 65 heavy (non-hydrogen) atoms. The van der Waals surface area contributed by atoms with Crippen molar-refractivity contribution in [1.82, 2.24) is 0 Å². The first-order chi connectivity index (χ1) is 30.8. The second kappa shape index (κ2) is 29.7. The molecule has 8 atom stereocenters. The van der Waals surface area contributed by atoms with Crippen molar-refractivity contribution in [2.24, 2.45) is 52.3 Å². The van der Waals surface area contributed by atoms with Crippen molar-refractivity contribution in [1.29, 1.82) is 0 Å². The number of aliphatic hydroxyl groups is 2. The van der Waals surface area contributed by atoms with Gasteiger partial charge in [-0.15, -0.1) is 0 Å². The van der Waals surface area contributed by atoms with Crippen molar-refractivity contribution in [2.45, 2.75) is 274 Å². The smallest absolute Gasteiger partial charge is 0.0724 e. The predicted octanol–water partition coefficient (Wildman–Crippen LogP) is 17.7. The second-order valence-electron chi connectivity index (χ2n) is 24.9. The van der Waals surface area contributed by atoms with Gasteiger partial charge in [0.05, 0.1) is 30.5 Å². The number of rotatable bonds is 19. The fourth-order valence-electron chi connectivity index (χ4n) is 12.9. The van der Waals surface area contributed by atoms with Gasteiger partial charge in [0.2, 0.25) is 0 Å². The summed E-state index contributed by atoms with van der Waals surface area (Å²) in [6.45, 7) is 29.5. The van der Waals surface area contributed by atoms with Gasteiger partial charge in [-0.25, -0.2) is 0 Å².